The first kappa shape index (κ1) is 12.6. The quantitative estimate of drug-likeness (QED) is 0.659. The zero-order valence-corrected chi connectivity index (χ0v) is 11.8. The molecule has 0 saturated heterocycles. The van der Waals surface area contributed by atoms with E-state index in [1.165, 1.54) is 0 Å². The molecule has 0 saturated carbocycles. The van der Waals surface area contributed by atoms with Crippen molar-refractivity contribution in [1.82, 2.24) is 9.55 Å². The van der Waals surface area contributed by atoms with E-state index in [4.69, 9.17) is 27.6 Å². The maximum absolute atomic E-state index is 6.22. The third kappa shape index (κ3) is 2.24. The van der Waals surface area contributed by atoms with Gasteiger partial charge in [-0.2, -0.15) is 0 Å². The number of halogens is 2. The standard InChI is InChI=1S/C14H12Cl2N2O/c1-9(15)14-17-13-11(16)3-2-4-12(13)18(14)7-10-5-6-19-8-10/h2-6,8-9H,7H2,1H3. The fourth-order valence-electron chi connectivity index (χ4n) is 2.17. The molecule has 1 unspecified atom stereocenters. The van der Waals surface area contributed by atoms with Crippen LogP contribution in [0.3, 0.4) is 0 Å². The highest BCUT2D eigenvalue weighted by Gasteiger charge is 2.16. The summed E-state index contributed by atoms with van der Waals surface area (Å²) in [5.74, 6) is 0.811. The molecule has 0 amide bonds. The van der Waals surface area contributed by atoms with Crippen LogP contribution in [-0.4, -0.2) is 9.55 Å². The van der Waals surface area contributed by atoms with E-state index < -0.39 is 0 Å². The van der Waals surface area contributed by atoms with Crippen LogP contribution in [0.5, 0.6) is 0 Å². The van der Waals surface area contributed by atoms with Crippen LogP contribution in [0.15, 0.2) is 41.2 Å². The van der Waals surface area contributed by atoms with Crippen molar-refractivity contribution in [2.24, 2.45) is 0 Å². The Labute approximate surface area is 120 Å². The van der Waals surface area contributed by atoms with Gasteiger partial charge in [0, 0.05) is 5.56 Å². The second kappa shape index (κ2) is 4.91. The van der Waals surface area contributed by atoms with Gasteiger partial charge in [-0.25, -0.2) is 4.98 Å². The van der Waals surface area contributed by atoms with Crippen molar-refractivity contribution < 1.29 is 4.42 Å². The summed E-state index contributed by atoms with van der Waals surface area (Å²) in [5, 5.41) is 0.456. The van der Waals surface area contributed by atoms with Gasteiger partial charge >= 0.3 is 0 Å². The number of furan rings is 1. The fraction of sp³-hybridized carbons (Fsp3) is 0.214. The molecule has 2 heterocycles. The van der Waals surface area contributed by atoms with Gasteiger partial charge in [0.2, 0.25) is 0 Å². The SMILES string of the molecule is CC(Cl)c1nc2c(Cl)cccc2n1Cc1ccoc1. The number of alkyl halides is 1. The predicted octanol–water partition coefficient (Wildman–Crippen LogP) is 4.63. The molecule has 0 aliphatic carbocycles. The van der Waals surface area contributed by atoms with E-state index in [1.54, 1.807) is 12.5 Å². The first-order valence-corrected chi connectivity index (χ1v) is 6.78. The maximum Gasteiger partial charge on any atom is 0.128 e. The van der Waals surface area contributed by atoms with Crippen molar-refractivity contribution >= 4 is 34.2 Å². The normalized spacial score (nSPS) is 13.0. The Kier molecular flexibility index (Phi) is 3.25. The Morgan fingerprint density at radius 2 is 2.21 bits per heavy atom. The summed E-state index contributed by atoms with van der Waals surface area (Å²) in [5.41, 5.74) is 2.84. The molecule has 3 nitrogen and oxygen atoms in total. The molecule has 98 valence electrons. The zero-order valence-electron chi connectivity index (χ0n) is 10.3. The minimum atomic E-state index is -0.185. The van der Waals surface area contributed by atoms with Gasteiger partial charge in [-0.05, 0) is 25.1 Å². The highest BCUT2D eigenvalue weighted by molar-refractivity contribution is 6.35. The first-order chi connectivity index (χ1) is 9.16. The van der Waals surface area contributed by atoms with Crippen molar-refractivity contribution in [3.8, 4) is 0 Å². The highest BCUT2D eigenvalue weighted by Crippen LogP contribution is 2.29. The van der Waals surface area contributed by atoms with Crippen molar-refractivity contribution in [3.63, 3.8) is 0 Å². The van der Waals surface area contributed by atoms with Gasteiger partial charge in [0.15, 0.2) is 0 Å². The lowest BCUT2D eigenvalue weighted by atomic mass is 10.3. The van der Waals surface area contributed by atoms with Gasteiger partial charge in [-0.1, -0.05) is 17.7 Å². The average molecular weight is 295 g/mol. The van der Waals surface area contributed by atoms with Gasteiger partial charge in [-0.3, -0.25) is 0 Å². The van der Waals surface area contributed by atoms with E-state index in [2.05, 4.69) is 9.55 Å². The minimum Gasteiger partial charge on any atom is -0.472 e. The van der Waals surface area contributed by atoms with Crippen LogP contribution in [0.1, 0.15) is 23.7 Å². The van der Waals surface area contributed by atoms with Crippen LogP contribution < -0.4 is 0 Å². The Hall–Kier alpha value is -1.45. The number of fused-ring (bicyclic) bond motifs is 1. The van der Waals surface area contributed by atoms with Gasteiger partial charge in [0.25, 0.3) is 0 Å². The summed E-state index contributed by atoms with van der Waals surface area (Å²) in [6, 6.07) is 7.68. The average Bonchev–Trinajstić information content (AvgIpc) is 2.99. The number of rotatable bonds is 3. The van der Waals surface area contributed by atoms with Crippen molar-refractivity contribution in [1.29, 1.82) is 0 Å². The Balaban J connectivity index is 2.19. The maximum atomic E-state index is 6.22. The predicted molar refractivity (Wildman–Crippen MR) is 76.8 cm³/mol. The highest BCUT2D eigenvalue weighted by atomic mass is 35.5. The minimum absolute atomic E-state index is 0.185. The van der Waals surface area contributed by atoms with Gasteiger partial charge < -0.3 is 8.98 Å². The molecular weight excluding hydrogens is 283 g/mol. The molecule has 0 aliphatic heterocycles. The molecule has 1 atom stereocenters. The van der Waals surface area contributed by atoms with E-state index in [-0.39, 0.29) is 5.38 Å². The van der Waals surface area contributed by atoms with E-state index in [1.807, 2.05) is 31.2 Å². The molecule has 3 aromatic rings. The Bertz CT molecular complexity index is 702. The van der Waals surface area contributed by atoms with Crippen molar-refractivity contribution in [3.05, 3.63) is 53.2 Å². The lowest BCUT2D eigenvalue weighted by molar-refractivity contribution is 0.562. The Morgan fingerprint density at radius 1 is 1.37 bits per heavy atom. The molecule has 0 spiro atoms. The van der Waals surface area contributed by atoms with Gasteiger partial charge in [0.05, 0.1) is 35.0 Å². The number of nitrogens with zero attached hydrogens (tertiary/aromatic N) is 2. The third-order valence-electron chi connectivity index (χ3n) is 3.04. The summed E-state index contributed by atoms with van der Waals surface area (Å²) in [4.78, 5) is 4.56. The van der Waals surface area contributed by atoms with Crippen LogP contribution in [0.4, 0.5) is 0 Å². The molecule has 0 aliphatic rings. The van der Waals surface area contributed by atoms with E-state index in [0.29, 0.717) is 11.6 Å². The lowest BCUT2D eigenvalue weighted by Gasteiger charge is -2.09. The number of imidazole rings is 1. The molecule has 0 bridgehead atoms. The number of aromatic nitrogens is 2. The molecule has 0 N–H and O–H groups in total. The third-order valence-corrected chi connectivity index (χ3v) is 3.54. The van der Waals surface area contributed by atoms with Crippen molar-refractivity contribution in [2.45, 2.75) is 18.8 Å². The van der Waals surface area contributed by atoms with Crippen LogP contribution >= 0.6 is 23.2 Å². The summed E-state index contributed by atoms with van der Waals surface area (Å²) in [6.07, 6.45) is 3.38. The van der Waals surface area contributed by atoms with E-state index in [0.717, 1.165) is 22.4 Å². The van der Waals surface area contributed by atoms with Crippen LogP contribution in [0.25, 0.3) is 11.0 Å². The molecule has 0 fully saturated rings. The molecule has 0 radical (unpaired) electrons. The molecule has 1 aromatic carbocycles. The molecule has 5 heteroatoms. The number of hydrogen-bond acceptors (Lipinski definition) is 2. The summed E-state index contributed by atoms with van der Waals surface area (Å²) >= 11 is 12.4. The smallest absolute Gasteiger partial charge is 0.128 e. The molecular formula is C14H12Cl2N2O. The van der Waals surface area contributed by atoms with Crippen molar-refractivity contribution in [2.75, 3.05) is 0 Å². The summed E-state index contributed by atoms with van der Waals surface area (Å²) in [7, 11) is 0. The van der Waals surface area contributed by atoms with Crippen LogP contribution in [0.2, 0.25) is 5.02 Å². The lowest BCUT2D eigenvalue weighted by Crippen LogP contribution is -2.05. The van der Waals surface area contributed by atoms with Crippen LogP contribution in [0, 0.1) is 0 Å². The summed E-state index contributed by atoms with van der Waals surface area (Å²) < 4.78 is 7.18. The fourth-order valence-corrected chi connectivity index (χ4v) is 2.54. The monoisotopic (exact) mass is 294 g/mol. The molecule has 3 rings (SSSR count). The number of benzene rings is 1. The van der Waals surface area contributed by atoms with Gasteiger partial charge in [0.1, 0.15) is 11.3 Å². The largest absolute Gasteiger partial charge is 0.472 e. The van der Waals surface area contributed by atoms with Crippen LogP contribution in [-0.2, 0) is 6.54 Å². The second-order valence-electron chi connectivity index (χ2n) is 4.41. The summed E-state index contributed by atoms with van der Waals surface area (Å²) in [6.45, 7) is 2.57. The first-order valence-electron chi connectivity index (χ1n) is 5.96. The second-order valence-corrected chi connectivity index (χ2v) is 5.47. The molecule has 2 aromatic heterocycles. The topological polar surface area (TPSA) is 31.0 Å². The number of hydrogen-bond donors (Lipinski definition) is 0. The van der Waals surface area contributed by atoms with E-state index in [9.17, 15) is 0 Å². The van der Waals surface area contributed by atoms with E-state index >= 15 is 0 Å². The Morgan fingerprint density at radius 3 is 2.89 bits per heavy atom. The zero-order chi connectivity index (χ0) is 13.4. The molecule has 19 heavy (non-hydrogen) atoms. The number of para-hydroxylation sites is 1. The van der Waals surface area contributed by atoms with Gasteiger partial charge in [-0.15, -0.1) is 11.6 Å².